The number of rotatable bonds is 10. The monoisotopic (exact) mass is 496 g/mol. The van der Waals surface area contributed by atoms with Crippen LogP contribution in [0.5, 0.6) is 5.75 Å². The highest BCUT2D eigenvalue weighted by Gasteiger charge is 2.30. The second-order valence-electron chi connectivity index (χ2n) is 7.53. The average Bonchev–Trinajstić information content (AvgIpc) is 3.10. The predicted molar refractivity (Wildman–Crippen MR) is 129 cm³/mol. The third-order valence-electron chi connectivity index (χ3n) is 5.24. The Hall–Kier alpha value is -2.19. The average molecular weight is 497 g/mol. The molecular formula is C25H27F3O3S2. The van der Waals surface area contributed by atoms with Crippen molar-refractivity contribution in [2.45, 2.75) is 51.1 Å². The van der Waals surface area contributed by atoms with Crippen LogP contribution < -0.4 is 4.74 Å². The summed E-state index contributed by atoms with van der Waals surface area (Å²) in [6, 6.07) is 9.93. The molecular weight excluding hydrogens is 469 g/mol. The Morgan fingerprint density at radius 3 is 2.61 bits per heavy atom. The SMILES string of the molecule is CCOC(=O)COc1ccc(SCCCc2sc3ccc(C(F)(F)F)cc3c2C)cc1CC. The number of halogens is 3. The van der Waals surface area contributed by atoms with E-state index in [9.17, 15) is 18.0 Å². The molecule has 0 N–H and O–H groups in total. The van der Waals surface area contributed by atoms with Crippen molar-refractivity contribution in [3.8, 4) is 5.75 Å². The van der Waals surface area contributed by atoms with E-state index in [1.807, 2.05) is 26.0 Å². The van der Waals surface area contributed by atoms with Gasteiger partial charge in [-0.15, -0.1) is 23.1 Å². The number of fused-ring (bicyclic) bond motifs is 1. The molecule has 0 saturated heterocycles. The molecule has 3 aromatic rings. The Morgan fingerprint density at radius 1 is 1.12 bits per heavy atom. The summed E-state index contributed by atoms with van der Waals surface area (Å²) in [4.78, 5) is 13.8. The van der Waals surface area contributed by atoms with Gasteiger partial charge in [0.2, 0.25) is 0 Å². The largest absolute Gasteiger partial charge is 0.482 e. The quantitative estimate of drug-likeness (QED) is 0.166. The third kappa shape index (κ3) is 6.67. The fourth-order valence-corrected chi connectivity index (χ4v) is 5.66. The molecule has 0 aliphatic heterocycles. The smallest absolute Gasteiger partial charge is 0.416 e. The van der Waals surface area contributed by atoms with Crippen LogP contribution in [-0.4, -0.2) is 24.9 Å². The summed E-state index contributed by atoms with van der Waals surface area (Å²) >= 11 is 3.32. The molecule has 0 bridgehead atoms. The van der Waals surface area contributed by atoms with E-state index in [1.165, 1.54) is 6.07 Å². The van der Waals surface area contributed by atoms with Gasteiger partial charge < -0.3 is 9.47 Å². The Labute approximate surface area is 200 Å². The first-order chi connectivity index (χ1) is 15.7. The van der Waals surface area contributed by atoms with Crippen LogP contribution in [0, 0.1) is 6.92 Å². The van der Waals surface area contributed by atoms with Crippen molar-refractivity contribution >= 4 is 39.2 Å². The van der Waals surface area contributed by atoms with Crippen LogP contribution in [-0.2, 0) is 28.5 Å². The highest BCUT2D eigenvalue weighted by atomic mass is 32.2. The molecule has 1 heterocycles. The summed E-state index contributed by atoms with van der Waals surface area (Å²) in [5.41, 5.74) is 1.38. The number of thiophene rings is 1. The molecule has 0 fully saturated rings. The van der Waals surface area contributed by atoms with E-state index in [1.54, 1.807) is 36.1 Å². The molecule has 178 valence electrons. The summed E-state index contributed by atoms with van der Waals surface area (Å²) in [5.74, 6) is 1.20. The Balaban J connectivity index is 1.57. The Bertz CT molecular complexity index is 1110. The van der Waals surface area contributed by atoms with E-state index < -0.39 is 11.7 Å². The van der Waals surface area contributed by atoms with Crippen molar-refractivity contribution in [1.29, 1.82) is 0 Å². The fraction of sp³-hybridized carbons (Fsp3) is 0.400. The van der Waals surface area contributed by atoms with Gasteiger partial charge in [0.25, 0.3) is 0 Å². The molecule has 0 atom stereocenters. The molecule has 3 nitrogen and oxygen atoms in total. The number of esters is 1. The molecule has 0 spiro atoms. The highest BCUT2D eigenvalue weighted by Crippen LogP contribution is 2.37. The predicted octanol–water partition coefficient (Wildman–Crippen LogP) is 7.46. The number of ether oxygens (including phenoxy) is 2. The lowest BCUT2D eigenvalue weighted by Gasteiger charge is -2.11. The van der Waals surface area contributed by atoms with Crippen LogP contribution in [0.15, 0.2) is 41.3 Å². The Kier molecular flexibility index (Phi) is 8.70. The maximum absolute atomic E-state index is 13.0. The topological polar surface area (TPSA) is 35.5 Å². The number of carbonyl (C=O) groups excluding carboxylic acids is 1. The summed E-state index contributed by atoms with van der Waals surface area (Å²) in [5, 5.41) is 0.698. The zero-order valence-electron chi connectivity index (χ0n) is 18.9. The second-order valence-corrected chi connectivity index (χ2v) is 9.83. The summed E-state index contributed by atoms with van der Waals surface area (Å²) in [6.45, 7) is 5.92. The first-order valence-electron chi connectivity index (χ1n) is 10.9. The van der Waals surface area contributed by atoms with Gasteiger partial charge in [-0.25, -0.2) is 4.79 Å². The maximum Gasteiger partial charge on any atom is 0.416 e. The van der Waals surface area contributed by atoms with Gasteiger partial charge in [0, 0.05) is 14.5 Å². The minimum absolute atomic E-state index is 0.105. The minimum atomic E-state index is -4.32. The van der Waals surface area contributed by atoms with E-state index in [0.29, 0.717) is 17.7 Å². The number of hydrogen-bond acceptors (Lipinski definition) is 5. The van der Waals surface area contributed by atoms with Crippen LogP contribution in [0.1, 0.15) is 41.8 Å². The van der Waals surface area contributed by atoms with Crippen molar-refractivity contribution in [2.24, 2.45) is 0 Å². The number of benzene rings is 2. The van der Waals surface area contributed by atoms with Gasteiger partial charge in [0.15, 0.2) is 6.61 Å². The first-order valence-corrected chi connectivity index (χ1v) is 12.7. The van der Waals surface area contributed by atoms with Crippen LogP contribution in [0.25, 0.3) is 10.1 Å². The van der Waals surface area contributed by atoms with Gasteiger partial charge in [0.05, 0.1) is 12.2 Å². The number of alkyl halides is 3. The summed E-state index contributed by atoms with van der Waals surface area (Å²) in [6.07, 6.45) is -1.78. The van der Waals surface area contributed by atoms with Gasteiger partial charge in [-0.1, -0.05) is 6.92 Å². The second kappa shape index (κ2) is 11.3. The zero-order valence-corrected chi connectivity index (χ0v) is 20.5. The molecule has 0 saturated carbocycles. The Morgan fingerprint density at radius 2 is 1.91 bits per heavy atom. The molecule has 8 heteroatoms. The van der Waals surface area contributed by atoms with Crippen LogP contribution in [0.2, 0.25) is 0 Å². The first kappa shape index (κ1) is 25.4. The number of aryl methyl sites for hydroxylation is 3. The third-order valence-corrected chi connectivity index (χ3v) is 7.66. The van der Waals surface area contributed by atoms with Crippen molar-refractivity contribution in [1.82, 2.24) is 0 Å². The summed E-state index contributed by atoms with van der Waals surface area (Å²) in [7, 11) is 0. The standard InChI is InChI=1S/C25H27F3O3S2/c1-4-17-13-19(9-10-21(17)31-15-24(29)30-5-2)32-12-6-7-22-16(3)20-14-18(25(26,27)28)8-11-23(20)33-22/h8-11,13-14H,4-7,12,15H2,1-3H3. The molecule has 0 unspecified atom stereocenters. The van der Waals surface area contributed by atoms with E-state index in [0.717, 1.165) is 56.7 Å². The lowest BCUT2D eigenvalue weighted by Crippen LogP contribution is -2.15. The summed E-state index contributed by atoms with van der Waals surface area (Å²) < 4.78 is 50.5. The van der Waals surface area contributed by atoms with Crippen LogP contribution in [0.4, 0.5) is 13.2 Å². The molecule has 33 heavy (non-hydrogen) atoms. The molecule has 0 amide bonds. The van der Waals surface area contributed by atoms with E-state index in [-0.39, 0.29) is 12.6 Å². The van der Waals surface area contributed by atoms with Gasteiger partial charge in [-0.05, 0) is 91.8 Å². The van der Waals surface area contributed by atoms with Gasteiger partial charge >= 0.3 is 12.1 Å². The van der Waals surface area contributed by atoms with E-state index >= 15 is 0 Å². The normalized spacial score (nSPS) is 11.7. The molecule has 3 rings (SSSR count). The maximum atomic E-state index is 13.0. The lowest BCUT2D eigenvalue weighted by molar-refractivity contribution is -0.145. The molecule has 0 aliphatic rings. The number of hydrogen-bond donors (Lipinski definition) is 0. The molecule has 0 aliphatic carbocycles. The van der Waals surface area contributed by atoms with Gasteiger partial charge in [0.1, 0.15) is 5.75 Å². The minimum Gasteiger partial charge on any atom is -0.482 e. The molecule has 0 radical (unpaired) electrons. The van der Waals surface area contributed by atoms with Crippen molar-refractivity contribution in [3.63, 3.8) is 0 Å². The number of thioether (sulfide) groups is 1. The van der Waals surface area contributed by atoms with Gasteiger partial charge in [-0.2, -0.15) is 13.2 Å². The fourth-order valence-electron chi connectivity index (χ4n) is 3.51. The molecule has 2 aromatic carbocycles. The highest BCUT2D eigenvalue weighted by molar-refractivity contribution is 7.99. The molecule has 1 aromatic heterocycles. The van der Waals surface area contributed by atoms with Crippen LogP contribution >= 0.6 is 23.1 Å². The van der Waals surface area contributed by atoms with Gasteiger partial charge in [-0.3, -0.25) is 0 Å². The zero-order chi connectivity index (χ0) is 24.0. The van der Waals surface area contributed by atoms with Crippen molar-refractivity contribution in [3.05, 3.63) is 58.0 Å². The number of carbonyl (C=O) groups is 1. The van der Waals surface area contributed by atoms with Crippen LogP contribution in [0.3, 0.4) is 0 Å². The van der Waals surface area contributed by atoms with Crippen molar-refractivity contribution in [2.75, 3.05) is 19.0 Å². The lowest BCUT2D eigenvalue weighted by atomic mass is 10.1. The van der Waals surface area contributed by atoms with E-state index in [2.05, 4.69) is 6.07 Å². The van der Waals surface area contributed by atoms with E-state index in [4.69, 9.17) is 9.47 Å². The van der Waals surface area contributed by atoms with Crippen molar-refractivity contribution < 1.29 is 27.4 Å².